The smallest absolute Gasteiger partial charge is 0.131 e. The number of hydrogen-bond acceptors (Lipinski definition) is 0. The predicted octanol–water partition coefficient (Wildman–Crippen LogP) is 4.27. The van der Waals surface area contributed by atoms with E-state index in [4.69, 9.17) is 0 Å². The van der Waals surface area contributed by atoms with E-state index in [1.54, 1.807) is 36.4 Å². The Labute approximate surface area is 91.1 Å². The van der Waals surface area contributed by atoms with Gasteiger partial charge in [0.05, 0.1) is 0 Å². The van der Waals surface area contributed by atoms with Crippen molar-refractivity contribution in [2.75, 3.05) is 0 Å². The molecule has 0 nitrogen and oxygen atoms in total. The van der Waals surface area contributed by atoms with E-state index < -0.39 is 0 Å². The summed E-state index contributed by atoms with van der Waals surface area (Å²) in [5.74, 6) is -0.549. The topological polar surface area (TPSA) is 0 Å². The summed E-state index contributed by atoms with van der Waals surface area (Å²) in [5, 5.41) is 2.55. The summed E-state index contributed by atoms with van der Waals surface area (Å²) >= 11 is 0. The van der Waals surface area contributed by atoms with Crippen molar-refractivity contribution in [2.45, 2.75) is 0 Å². The zero-order chi connectivity index (χ0) is 11.1. The van der Waals surface area contributed by atoms with E-state index in [1.807, 2.05) is 0 Å². The maximum Gasteiger partial charge on any atom is 0.131 e. The van der Waals surface area contributed by atoms with Crippen LogP contribution in [0.5, 0.6) is 0 Å². The van der Waals surface area contributed by atoms with Crippen molar-refractivity contribution in [3.8, 4) is 0 Å². The Bertz CT molecular complexity index is 626. The average molecular weight is 214 g/mol. The molecule has 2 heteroatoms. The third kappa shape index (κ3) is 1.20. The molecule has 0 saturated heterocycles. The van der Waals surface area contributed by atoms with Crippen LogP contribution in [0.1, 0.15) is 0 Å². The van der Waals surface area contributed by atoms with Crippen molar-refractivity contribution < 1.29 is 8.78 Å². The third-order valence-corrected chi connectivity index (χ3v) is 2.81. The number of rotatable bonds is 0. The lowest BCUT2D eigenvalue weighted by atomic mass is 10.0. The highest BCUT2D eigenvalue weighted by Gasteiger charge is 2.06. The Morgan fingerprint density at radius 3 is 1.38 bits per heavy atom. The van der Waals surface area contributed by atoms with Gasteiger partial charge in [0.25, 0.3) is 0 Å². The number of fused-ring (bicyclic) bond motifs is 3. The summed E-state index contributed by atoms with van der Waals surface area (Å²) in [7, 11) is 0. The Kier molecular flexibility index (Phi) is 1.90. The molecule has 3 aromatic rings. The molecule has 3 aromatic carbocycles. The van der Waals surface area contributed by atoms with Crippen molar-refractivity contribution in [3.05, 3.63) is 60.2 Å². The minimum Gasteiger partial charge on any atom is -0.206 e. The van der Waals surface area contributed by atoms with E-state index in [9.17, 15) is 8.78 Å². The van der Waals surface area contributed by atoms with Crippen LogP contribution in [-0.4, -0.2) is 0 Å². The molecule has 0 aliphatic rings. The van der Waals surface area contributed by atoms with Crippen molar-refractivity contribution in [2.24, 2.45) is 0 Å². The van der Waals surface area contributed by atoms with Crippen LogP contribution in [0.4, 0.5) is 8.78 Å². The number of halogens is 2. The molecule has 0 radical (unpaired) electrons. The molecule has 0 saturated carbocycles. The molecule has 16 heavy (non-hydrogen) atoms. The lowest BCUT2D eigenvalue weighted by Crippen LogP contribution is -1.84. The van der Waals surface area contributed by atoms with Gasteiger partial charge in [0, 0.05) is 10.8 Å². The van der Waals surface area contributed by atoms with Gasteiger partial charge in [-0.05, 0) is 22.9 Å². The van der Waals surface area contributed by atoms with Crippen LogP contribution >= 0.6 is 0 Å². The van der Waals surface area contributed by atoms with Gasteiger partial charge in [0.2, 0.25) is 0 Å². The van der Waals surface area contributed by atoms with Crippen molar-refractivity contribution in [1.82, 2.24) is 0 Å². The van der Waals surface area contributed by atoms with Gasteiger partial charge in [-0.1, -0.05) is 36.4 Å². The highest BCUT2D eigenvalue weighted by atomic mass is 19.1. The van der Waals surface area contributed by atoms with Gasteiger partial charge < -0.3 is 0 Å². The monoisotopic (exact) mass is 214 g/mol. The summed E-state index contributed by atoms with van der Waals surface area (Å²) in [6.07, 6.45) is 0. The van der Waals surface area contributed by atoms with Crippen LogP contribution in [0.2, 0.25) is 0 Å². The van der Waals surface area contributed by atoms with Gasteiger partial charge in [0.15, 0.2) is 0 Å². The summed E-state index contributed by atoms with van der Waals surface area (Å²) in [6.45, 7) is 0. The SMILES string of the molecule is Fc1cccc2c1ccc1c(F)cccc12. The van der Waals surface area contributed by atoms with Gasteiger partial charge in [0.1, 0.15) is 11.6 Å². The summed E-state index contributed by atoms with van der Waals surface area (Å²) < 4.78 is 27.0. The first kappa shape index (κ1) is 9.28. The Balaban J connectivity index is 2.60. The average Bonchev–Trinajstić information content (AvgIpc) is 2.30. The van der Waals surface area contributed by atoms with Crippen LogP contribution in [0.25, 0.3) is 21.5 Å². The number of benzene rings is 3. The van der Waals surface area contributed by atoms with Crippen LogP contribution in [-0.2, 0) is 0 Å². The van der Waals surface area contributed by atoms with E-state index >= 15 is 0 Å². The highest BCUT2D eigenvalue weighted by molar-refractivity contribution is 6.07. The second kappa shape index (κ2) is 3.27. The van der Waals surface area contributed by atoms with Crippen LogP contribution in [0.3, 0.4) is 0 Å². The highest BCUT2D eigenvalue weighted by Crippen LogP contribution is 2.28. The first-order chi connectivity index (χ1) is 7.77. The van der Waals surface area contributed by atoms with E-state index in [0.717, 1.165) is 10.8 Å². The molecule has 3 rings (SSSR count). The maximum atomic E-state index is 13.5. The Morgan fingerprint density at radius 1 is 0.500 bits per heavy atom. The van der Waals surface area contributed by atoms with E-state index in [2.05, 4.69) is 0 Å². The van der Waals surface area contributed by atoms with E-state index in [1.165, 1.54) is 12.1 Å². The van der Waals surface area contributed by atoms with Gasteiger partial charge in [-0.15, -0.1) is 0 Å². The fourth-order valence-corrected chi connectivity index (χ4v) is 2.05. The zero-order valence-electron chi connectivity index (χ0n) is 8.37. The molecular formula is C14H8F2. The molecular weight excluding hydrogens is 206 g/mol. The Morgan fingerprint density at radius 2 is 0.938 bits per heavy atom. The lowest BCUT2D eigenvalue weighted by molar-refractivity contribution is 0.638. The summed E-state index contributed by atoms with van der Waals surface area (Å²) in [4.78, 5) is 0. The molecule has 0 N–H and O–H groups in total. The van der Waals surface area contributed by atoms with Crippen molar-refractivity contribution in [1.29, 1.82) is 0 Å². The molecule has 0 fully saturated rings. The van der Waals surface area contributed by atoms with Crippen LogP contribution in [0.15, 0.2) is 48.5 Å². The van der Waals surface area contributed by atoms with Gasteiger partial charge in [-0.3, -0.25) is 0 Å². The second-order valence-electron chi connectivity index (χ2n) is 3.74. The van der Waals surface area contributed by atoms with Gasteiger partial charge in [-0.25, -0.2) is 8.78 Å². The first-order valence-electron chi connectivity index (χ1n) is 5.03. The van der Waals surface area contributed by atoms with Crippen molar-refractivity contribution >= 4 is 21.5 Å². The van der Waals surface area contributed by atoms with E-state index in [0.29, 0.717) is 10.8 Å². The number of hydrogen-bond donors (Lipinski definition) is 0. The predicted molar refractivity (Wildman–Crippen MR) is 61.4 cm³/mol. The molecule has 0 atom stereocenters. The van der Waals surface area contributed by atoms with Crippen molar-refractivity contribution in [3.63, 3.8) is 0 Å². The lowest BCUT2D eigenvalue weighted by Gasteiger charge is -2.05. The molecule has 0 unspecified atom stereocenters. The minimum absolute atomic E-state index is 0.274. The minimum atomic E-state index is -0.274. The maximum absolute atomic E-state index is 13.5. The van der Waals surface area contributed by atoms with E-state index in [-0.39, 0.29) is 11.6 Å². The van der Waals surface area contributed by atoms with Gasteiger partial charge >= 0.3 is 0 Å². The van der Waals surface area contributed by atoms with Gasteiger partial charge in [-0.2, -0.15) is 0 Å². The largest absolute Gasteiger partial charge is 0.206 e. The normalized spacial score (nSPS) is 11.1. The zero-order valence-corrected chi connectivity index (χ0v) is 8.37. The molecule has 0 spiro atoms. The molecule has 0 heterocycles. The quantitative estimate of drug-likeness (QED) is 0.490. The standard InChI is InChI=1S/C14H8F2/c15-13-5-1-3-9-10-4-2-6-14(16)12(10)8-7-11(9)13/h1-8H. The summed E-state index contributed by atoms with van der Waals surface area (Å²) in [6, 6.07) is 13.0. The Hall–Kier alpha value is -1.96. The molecule has 0 aliphatic heterocycles. The molecule has 0 amide bonds. The molecule has 0 bridgehead atoms. The van der Waals surface area contributed by atoms with Crippen LogP contribution in [0, 0.1) is 11.6 Å². The fourth-order valence-electron chi connectivity index (χ4n) is 2.05. The molecule has 78 valence electrons. The molecule has 0 aromatic heterocycles. The second-order valence-corrected chi connectivity index (χ2v) is 3.74. The first-order valence-corrected chi connectivity index (χ1v) is 5.03. The third-order valence-electron chi connectivity index (χ3n) is 2.81. The molecule has 0 aliphatic carbocycles. The van der Waals surface area contributed by atoms with Crippen LogP contribution < -0.4 is 0 Å². The fraction of sp³-hybridized carbons (Fsp3) is 0. The summed E-state index contributed by atoms with van der Waals surface area (Å²) in [5.41, 5.74) is 0.